The van der Waals surface area contributed by atoms with Gasteiger partial charge >= 0.3 is 5.97 Å². The van der Waals surface area contributed by atoms with E-state index in [1.807, 2.05) is 84.9 Å². The molecule has 3 aromatic rings. The third-order valence-electron chi connectivity index (χ3n) is 4.05. The fourth-order valence-corrected chi connectivity index (χ4v) is 3.34. The minimum atomic E-state index is -0.882. The molecule has 0 spiro atoms. The molecule has 0 heterocycles. The van der Waals surface area contributed by atoms with E-state index in [1.165, 1.54) is 11.8 Å². The van der Waals surface area contributed by atoms with Crippen molar-refractivity contribution in [2.24, 2.45) is 0 Å². The molecule has 28 heavy (non-hydrogen) atoms. The van der Waals surface area contributed by atoms with Crippen molar-refractivity contribution in [3.8, 4) is 11.1 Å². The van der Waals surface area contributed by atoms with Crippen LogP contribution in [0.3, 0.4) is 0 Å². The summed E-state index contributed by atoms with van der Waals surface area (Å²) in [4.78, 5) is 25.5. The van der Waals surface area contributed by atoms with Crippen molar-refractivity contribution in [1.82, 2.24) is 0 Å². The zero-order valence-corrected chi connectivity index (χ0v) is 16.3. The summed E-state index contributed by atoms with van der Waals surface area (Å²) >= 11 is 1.38. The topological polar surface area (TPSA) is 55.4 Å². The van der Waals surface area contributed by atoms with Gasteiger partial charge in [0.1, 0.15) is 0 Å². The third kappa shape index (κ3) is 5.47. The Morgan fingerprint density at radius 3 is 2.21 bits per heavy atom. The molecule has 3 rings (SSSR count). The summed E-state index contributed by atoms with van der Waals surface area (Å²) in [7, 11) is 0. The van der Waals surface area contributed by atoms with E-state index in [1.54, 1.807) is 6.92 Å². The number of nitrogens with one attached hydrogen (secondary N) is 1. The first-order valence-electron chi connectivity index (χ1n) is 8.96. The van der Waals surface area contributed by atoms with Crippen LogP contribution in [0.4, 0.5) is 5.69 Å². The fraction of sp³-hybridized carbons (Fsp3) is 0.130. The number of benzene rings is 3. The lowest BCUT2D eigenvalue weighted by Crippen LogP contribution is -2.30. The molecule has 0 aliphatic carbocycles. The molecule has 1 N–H and O–H groups in total. The average molecular weight is 391 g/mol. The van der Waals surface area contributed by atoms with E-state index in [0.29, 0.717) is 5.69 Å². The van der Waals surface area contributed by atoms with Gasteiger partial charge in [-0.15, -0.1) is 11.8 Å². The van der Waals surface area contributed by atoms with Gasteiger partial charge in [-0.25, -0.2) is 0 Å². The fourth-order valence-electron chi connectivity index (χ4n) is 2.64. The molecule has 0 aliphatic heterocycles. The summed E-state index contributed by atoms with van der Waals surface area (Å²) in [6.45, 7) is 1.57. The van der Waals surface area contributed by atoms with Gasteiger partial charge in [0.25, 0.3) is 5.91 Å². The summed E-state index contributed by atoms with van der Waals surface area (Å²) in [5, 5.41) is 2.86. The molecule has 1 amide bonds. The zero-order valence-electron chi connectivity index (χ0n) is 15.5. The second-order valence-electron chi connectivity index (χ2n) is 6.13. The summed E-state index contributed by atoms with van der Waals surface area (Å²) < 4.78 is 5.28. The highest BCUT2D eigenvalue weighted by molar-refractivity contribution is 8.00. The monoisotopic (exact) mass is 391 g/mol. The van der Waals surface area contributed by atoms with E-state index in [4.69, 9.17) is 4.74 Å². The van der Waals surface area contributed by atoms with Crippen LogP contribution in [-0.2, 0) is 14.3 Å². The molecule has 0 bridgehead atoms. The number of para-hydroxylation sites is 1. The molecule has 0 unspecified atom stereocenters. The number of hydrogen-bond donors (Lipinski definition) is 1. The molecule has 0 saturated heterocycles. The van der Waals surface area contributed by atoms with E-state index in [-0.39, 0.29) is 11.7 Å². The Labute approximate surface area is 168 Å². The van der Waals surface area contributed by atoms with E-state index in [9.17, 15) is 9.59 Å². The second-order valence-corrected chi connectivity index (χ2v) is 7.18. The standard InChI is InChI=1S/C23H21NO3S/c1-17(27-22(25)16-28-19-12-6-3-7-13-19)23(26)24-21-15-9-8-14-20(21)18-10-4-2-5-11-18/h2-15,17H,16H2,1H3,(H,24,26)/t17-/m0/s1. The van der Waals surface area contributed by atoms with Gasteiger partial charge in [-0.05, 0) is 30.7 Å². The van der Waals surface area contributed by atoms with Crippen molar-refractivity contribution >= 4 is 29.3 Å². The smallest absolute Gasteiger partial charge is 0.317 e. The van der Waals surface area contributed by atoms with E-state index in [0.717, 1.165) is 16.0 Å². The van der Waals surface area contributed by atoms with Crippen molar-refractivity contribution in [1.29, 1.82) is 0 Å². The summed E-state index contributed by atoms with van der Waals surface area (Å²) in [6.07, 6.45) is -0.882. The average Bonchev–Trinajstić information content (AvgIpc) is 2.74. The number of carbonyl (C=O) groups is 2. The zero-order chi connectivity index (χ0) is 19.8. The van der Waals surface area contributed by atoms with Gasteiger partial charge in [0.05, 0.1) is 5.75 Å². The molecule has 0 radical (unpaired) electrons. The van der Waals surface area contributed by atoms with Gasteiger partial charge in [0.15, 0.2) is 6.10 Å². The summed E-state index contributed by atoms with van der Waals surface area (Å²) in [5.74, 6) is -0.628. The van der Waals surface area contributed by atoms with Crippen LogP contribution in [0, 0.1) is 0 Å². The molecule has 1 atom stereocenters. The largest absolute Gasteiger partial charge is 0.452 e. The summed E-state index contributed by atoms with van der Waals surface area (Å²) in [5.41, 5.74) is 2.59. The number of esters is 1. The maximum atomic E-state index is 12.5. The minimum Gasteiger partial charge on any atom is -0.452 e. The number of carbonyl (C=O) groups excluding carboxylic acids is 2. The van der Waals surface area contributed by atoms with Crippen molar-refractivity contribution in [3.63, 3.8) is 0 Å². The van der Waals surface area contributed by atoms with E-state index < -0.39 is 12.1 Å². The molecule has 0 aliphatic rings. The molecule has 4 nitrogen and oxygen atoms in total. The maximum absolute atomic E-state index is 12.5. The first-order valence-corrected chi connectivity index (χ1v) is 9.94. The predicted octanol–water partition coefficient (Wildman–Crippen LogP) is 5.02. The highest BCUT2D eigenvalue weighted by Crippen LogP contribution is 2.27. The Bertz CT molecular complexity index is 929. The molecular weight excluding hydrogens is 370 g/mol. The molecule has 0 fully saturated rings. The number of rotatable bonds is 7. The lowest BCUT2D eigenvalue weighted by Gasteiger charge is -2.16. The van der Waals surface area contributed by atoms with Crippen LogP contribution in [0.2, 0.25) is 0 Å². The van der Waals surface area contributed by atoms with Gasteiger partial charge in [-0.2, -0.15) is 0 Å². The number of anilines is 1. The van der Waals surface area contributed by atoms with Crippen LogP contribution in [0.1, 0.15) is 6.92 Å². The van der Waals surface area contributed by atoms with Crippen molar-refractivity contribution in [2.75, 3.05) is 11.1 Å². The highest BCUT2D eigenvalue weighted by Gasteiger charge is 2.19. The number of amides is 1. The maximum Gasteiger partial charge on any atom is 0.317 e. The lowest BCUT2D eigenvalue weighted by atomic mass is 10.0. The van der Waals surface area contributed by atoms with Gasteiger partial charge < -0.3 is 10.1 Å². The van der Waals surface area contributed by atoms with Gasteiger partial charge in [-0.3, -0.25) is 9.59 Å². The molecule has 3 aromatic carbocycles. The second kappa shape index (κ2) is 9.76. The Hall–Kier alpha value is -3.05. The lowest BCUT2D eigenvalue weighted by molar-refractivity contribution is -0.150. The normalized spacial score (nSPS) is 11.5. The van der Waals surface area contributed by atoms with Gasteiger partial charge in [0, 0.05) is 16.1 Å². The minimum absolute atomic E-state index is 0.155. The Morgan fingerprint density at radius 1 is 0.893 bits per heavy atom. The van der Waals surface area contributed by atoms with Crippen molar-refractivity contribution in [2.45, 2.75) is 17.9 Å². The van der Waals surface area contributed by atoms with Crippen molar-refractivity contribution in [3.05, 3.63) is 84.9 Å². The van der Waals surface area contributed by atoms with E-state index in [2.05, 4.69) is 5.32 Å². The van der Waals surface area contributed by atoms with Crippen LogP contribution in [0.25, 0.3) is 11.1 Å². The Morgan fingerprint density at radius 2 is 1.50 bits per heavy atom. The number of thioether (sulfide) groups is 1. The first-order chi connectivity index (χ1) is 13.6. The van der Waals surface area contributed by atoms with Gasteiger partial charge in [0.2, 0.25) is 0 Å². The highest BCUT2D eigenvalue weighted by atomic mass is 32.2. The van der Waals surface area contributed by atoms with Crippen LogP contribution in [0.5, 0.6) is 0 Å². The molecule has 0 saturated carbocycles. The van der Waals surface area contributed by atoms with Crippen LogP contribution < -0.4 is 5.32 Å². The summed E-state index contributed by atoms with van der Waals surface area (Å²) in [6, 6.07) is 26.9. The number of ether oxygens (including phenoxy) is 1. The third-order valence-corrected chi connectivity index (χ3v) is 5.03. The molecule has 0 aromatic heterocycles. The Balaban J connectivity index is 1.58. The van der Waals surface area contributed by atoms with Gasteiger partial charge in [-0.1, -0.05) is 66.7 Å². The molecule has 142 valence electrons. The van der Waals surface area contributed by atoms with Crippen molar-refractivity contribution < 1.29 is 14.3 Å². The Kier molecular flexibility index (Phi) is 6.87. The molecule has 5 heteroatoms. The van der Waals surface area contributed by atoms with E-state index >= 15 is 0 Å². The van der Waals surface area contributed by atoms with Crippen LogP contribution >= 0.6 is 11.8 Å². The SMILES string of the molecule is C[C@H](OC(=O)CSc1ccccc1)C(=O)Nc1ccccc1-c1ccccc1. The predicted molar refractivity (Wildman–Crippen MR) is 113 cm³/mol. The molecular formula is C23H21NO3S. The first kappa shape index (κ1) is 19.7. The van der Waals surface area contributed by atoms with Crippen LogP contribution in [-0.4, -0.2) is 23.7 Å². The quantitative estimate of drug-likeness (QED) is 0.454. The number of hydrogen-bond acceptors (Lipinski definition) is 4. The van der Waals surface area contributed by atoms with Crippen LogP contribution in [0.15, 0.2) is 89.8 Å².